The number of pyridine rings is 1. The first kappa shape index (κ1) is 10.9. The van der Waals surface area contributed by atoms with Crippen molar-refractivity contribution in [3.63, 3.8) is 0 Å². The second-order valence-corrected chi connectivity index (χ2v) is 2.63. The lowest BCUT2D eigenvalue weighted by Gasteiger charge is -2.07. The molecule has 6 heteroatoms. The minimum atomic E-state index is -2.94. The smallest absolute Gasteiger partial charge is 0.267 e. The van der Waals surface area contributed by atoms with Crippen LogP contribution in [0, 0.1) is 22.7 Å². The van der Waals surface area contributed by atoms with E-state index in [9.17, 15) is 8.78 Å². The van der Waals surface area contributed by atoms with Crippen LogP contribution < -0.4 is 0 Å². The van der Waals surface area contributed by atoms with Crippen LogP contribution in [0.3, 0.4) is 0 Å². The van der Waals surface area contributed by atoms with Crippen molar-refractivity contribution in [3.05, 3.63) is 23.0 Å². The summed E-state index contributed by atoms with van der Waals surface area (Å²) in [5, 5.41) is 26.1. The molecule has 0 aromatic carbocycles. The molecular formula is C9H5F2N3O. The summed E-state index contributed by atoms with van der Waals surface area (Å²) in [5.74, 6) is -0.602. The fourth-order valence-electron chi connectivity index (χ4n) is 1.12. The second-order valence-electron chi connectivity index (χ2n) is 2.63. The summed E-state index contributed by atoms with van der Waals surface area (Å²) in [6.07, 6.45) is -2.38. The molecule has 0 fully saturated rings. The number of alkyl halides is 2. The van der Waals surface area contributed by atoms with Crippen LogP contribution in [0.5, 0.6) is 5.75 Å². The highest BCUT2D eigenvalue weighted by molar-refractivity contribution is 5.49. The first-order valence-electron chi connectivity index (χ1n) is 3.87. The average Bonchev–Trinajstić information content (AvgIpc) is 2.20. The molecule has 0 aliphatic carbocycles. The summed E-state index contributed by atoms with van der Waals surface area (Å²) in [6, 6.07) is 3.13. The summed E-state index contributed by atoms with van der Waals surface area (Å²) >= 11 is 0. The van der Waals surface area contributed by atoms with Gasteiger partial charge >= 0.3 is 0 Å². The van der Waals surface area contributed by atoms with Crippen molar-refractivity contribution >= 4 is 0 Å². The van der Waals surface area contributed by atoms with Crippen molar-refractivity contribution in [1.82, 2.24) is 4.98 Å². The zero-order chi connectivity index (χ0) is 11.4. The Hall–Kier alpha value is -2.21. The van der Waals surface area contributed by atoms with E-state index < -0.39 is 23.3 Å². The molecule has 0 saturated heterocycles. The van der Waals surface area contributed by atoms with Crippen LogP contribution in [0.25, 0.3) is 0 Å². The number of hydrogen-bond acceptors (Lipinski definition) is 4. The van der Waals surface area contributed by atoms with Crippen LogP contribution in [-0.2, 0) is 6.42 Å². The number of nitriles is 2. The molecule has 4 nitrogen and oxygen atoms in total. The first-order chi connectivity index (χ1) is 7.11. The molecule has 0 radical (unpaired) electrons. The van der Waals surface area contributed by atoms with E-state index in [2.05, 4.69) is 4.98 Å². The molecule has 0 amide bonds. The lowest BCUT2D eigenvalue weighted by Crippen LogP contribution is -2.01. The van der Waals surface area contributed by atoms with Crippen LogP contribution in [-0.4, -0.2) is 10.1 Å². The number of rotatable bonds is 2. The van der Waals surface area contributed by atoms with E-state index >= 15 is 0 Å². The monoisotopic (exact) mass is 209 g/mol. The highest BCUT2D eigenvalue weighted by atomic mass is 19.3. The Morgan fingerprint density at radius 1 is 1.47 bits per heavy atom. The number of halogens is 2. The third-order valence-electron chi connectivity index (χ3n) is 1.76. The Labute approximate surface area is 84.0 Å². The average molecular weight is 209 g/mol. The quantitative estimate of drug-likeness (QED) is 0.803. The van der Waals surface area contributed by atoms with Gasteiger partial charge in [-0.15, -0.1) is 0 Å². The van der Waals surface area contributed by atoms with Crippen LogP contribution in [0.1, 0.15) is 23.2 Å². The molecule has 0 aliphatic rings. The standard InChI is InChI=1S/C9H5F2N3O/c10-9(11)8-5(3-13)7(15)4-14-6(8)1-2-12/h4,9,15H,1H2. The molecule has 0 aliphatic heterocycles. The molecule has 76 valence electrons. The minimum Gasteiger partial charge on any atom is -0.505 e. The largest absolute Gasteiger partial charge is 0.505 e. The highest BCUT2D eigenvalue weighted by Crippen LogP contribution is 2.30. The predicted molar refractivity (Wildman–Crippen MR) is 44.9 cm³/mol. The van der Waals surface area contributed by atoms with E-state index in [0.29, 0.717) is 0 Å². The molecule has 1 N–H and O–H groups in total. The molecule has 0 bridgehead atoms. The van der Waals surface area contributed by atoms with Crippen molar-refractivity contribution in [1.29, 1.82) is 10.5 Å². The van der Waals surface area contributed by atoms with Gasteiger partial charge in [-0.05, 0) is 0 Å². The molecule has 0 atom stereocenters. The third kappa shape index (κ3) is 2.00. The maximum atomic E-state index is 12.6. The Kier molecular flexibility index (Phi) is 3.14. The van der Waals surface area contributed by atoms with E-state index in [1.54, 1.807) is 6.07 Å². The predicted octanol–water partition coefficient (Wildman–Crippen LogP) is 1.66. The second kappa shape index (κ2) is 4.34. The lowest BCUT2D eigenvalue weighted by atomic mass is 10.1. The van der Waals surface area contributed by atoms with Gasteiger partial charge in [0.1, 0.15) is 11.6 Å². The number of aromatic nitrogens is 1. The molecular weight excluding hydrogens is 204 g/mol. The summed E-state index contributed by atoms with van der Waals surface area (Å²) in [5.41, 5.74) is -1.37. The van der Waals surface area contributed by atoms with E-state index in [0.717, 1.165) is 6.20 Å². The van der Waals surface area contributed by atoms with Crippen molar-refractivity contribution in [3.8, 4) is 17.9 Å². The van der Waals surface area contributed by atoms with E-state index in [1.807, 2.05) is 0 Å². The summed E-state index contributed by atoms with van der Waals surface area (Å²) in [6.45, 7) is 0. The van der Waals surface area contributed by atoms with Crippen molar-refractivity contribution in [2.45, 2.75) is 12.8 Å². The van der Waals surface area contributed by atoms with E-state index in [-0.39, 0.29) is 12.1 Å². The Morgan fingerprint density at radius 3 is 2.60 bits per heavy atom. The van der Waals surface area contributed by atoms with Gasteiger partial charge in [-0.3, -0.25) is 4.98 Å². The van der Waals surface area contributed by atoms with Gasteiger partial charge in [0.2, 0.25) is 0 Å². The SMILES string of the molecule is N#CCc1ncc(O)c(C#N)c1C(F)F. The van der Waals surface area contributed by atoms with Crippen molar-refractivity contribution < 1.29 is 13.9 Å². The summed E-state index contributed by atoms with van der Waals surface area (Å²) in [4.78, 5) is 3.49. The number of hydrogen-bond donors (Lipinski definition) is 1. The maximum absolute atomic E-state index is 12.6. The van der Waals surface area contributed by atoms with Crippen molar-refractivity contribution in [2.24, 2.45) is 0 Å². The van der Waals surface area contributed by atoms with Gasteiger partial charge in [0, 0.05) is 0 Å². The van der Waals surface area contributed by atoms with Crippen LogP contribution in [0.15, 0.2) is 6.20 Å². The molecule has 0 unspecified atom stereocenters. The Balaban J connectivity index is 3.45. The van der Waals surface area contributed by atoms with Gasteiger partial charge in [0.05, 0.1) is 29.9 Å². The van der Waals surface area contributed by atoms with Crippen LogP contribution in [0.2, 0.25) is 0 Å². The first-order valence-corrected chi connectivity index (χ1v) is 3.87. The molecule has 0 spiro atoms. The zero-order valence-electron chi connectivity index (χ0n) is 7.41. The number of nitrogens with zero attached hydrogens (tertiary/aromatic N) is 3. The number of aromatic hydroxyl groups is 1. The molecule has 1 aromatic rings. The minimum absolute atomic E-state index is 0.179. The third-order valence-corrected chi connectivity index (χ3v) is 1.76. The van der Waals surface area contributed by atoms with Gasteiger partial charge in [-0.2, -0.15) is 10.5 Å². The maximum Gasteiger partial charge on any atom is 0.267 e. The molecule has 0 saturated carbocycles. The summed E-state index contributed by atoms with van der Waals surface area (Å²) in [7, 11) is 0. The molecule has 1 heterocycles. The Morgan fingerprint density at radius 2 is 2.13 bits per heavy atom. The topological polar surface area (TPSA) is 80.7 Å². The van der Waals surface area contributed by atoms with Crippen LogP contribution >= 0.6 is 0 Å². The lowest BCUT2D eigenvalue weighted by molar-refractivity contribution is 0.149. The van der Waals surface area contributed by atoms with Gasteiger partial charge in [-0.25, -0.2) is 8.78 Å². The Bertz CT molecular complexity index is 460. The molecule has 1 rings (SSSR count). The van der Waals surface area contributed by atoms with Gasteiger partial charge in [0.15, 0.2) is 5.75 Å². The highest BCUT2D eigenvalue weighted by Gasteiger charge is 2.21. The van der Waals surface area contributed by atoms with Crippen LogP contribution in [0.4, 0.5) is 8.78 Å². The fourth-order valence-corrected chi connectivity index (χ4v) is 1.12. The van der Waals surface area contributed by atoms with Crippen molar-refractivity contribution in [2.75, 3.05) is 0 Å². The van der Waals surface area contributed by atoms with Gasteiger partial charge in [0.25, 0.3) is 6.43 Å². The zero-order valence-corrected chi connectivity index (χ0v) is 7.41. The molecule has 15 heavy (non-hydrogen) atoms. The molecule has 1 aromatic heterocycles. The van der Waals surface area contributed by atoms with Gasteiger partial charge < -0.3 is 5.11 Å². The normalized spacial score (nSPS) is 9.67. The fraction of sp³-hybridized carbons (Fsp3) is 0.222. The van der Waals surface area contributed by atoms with Gasteiger partial charge in [-0.1, -0.05) is 0 Å². The van der Waals surface area contributed by atoms with E-state index in [1.165, 1.54) is 6.07 Å². The summed E-state index contributed by atoms with van der Waals surface area (Å²) < 4.78 is 25.1. The van der Waals surface area contributed by atoms with E-state index in [4.69, 9.17) is 15.6 Å².